The van der Waals surface area contributed by atoms with Crippen LogP contribution in [0.1, 0.15) is 41.3 Å². The van der Waals surface area contributed by atoms with Crippen molar-refractivity contribution in [2.75, 3.05) is 5.32 Å². The number of amides is 1. The molecule has 7 heteroatoms. The lowest BCUT2D eigenvalue weighted by atomic mass is 10.0. The molecule has 0 spiro atoms. The molecule has 0 saturated heterocycles. The van der Waals surface area contributed by atoms with Gasteiger partial charge >= 0.3 is 6.18 Å². The van der Waals surface area contributed by atoms with Crippen molar-refractivity contribution >= 4 is 32.6 Å². The van der Waals surface area contributed by atoms with Crippen molar-refractivity contribution in [1.82, 2.24) is 4.98 Å². The van der Waals surface area contributed by atoms with Gasteiger partial charge in [0.2, 0.25) is 0 Å². The summed E-state index contributed by atoms with van der Waals surface area (Å²) in [5, 5.41) is 2.96. The summed E-state index contributed by atoms with van der Waals surface area (Å²) in [5.41, 5.74) is 0.958. The molecule has 1 heterocycles. The van der Waals surface area contributed by atoms with Gasteiger partial charge in [-0.3, -0.25) is 10.1 Å². The van der Waals surface area contributed by atoms with Gasteiger partial charge in [-0.2, -0.15) is 13.2 Å². The number of nitrogens with zero attached hydrogens (tertiary/aromatic N) is 1. The summed E-state index contributed by atoms with van der Waals surface area (Å²) in [6.45, 7) is 4.10. The van der Waals surface area contributed by atoms with Crippen LogP contribution in [0, 0.1) is 0 Å². The highest BCUT2D eigenvalue weighted by molar-refractivity contribution is 7.22. The number of thiazole rings is 1. The number of carbonyl (C=O) groups excluding carboxylic acids is 1. The Morgan fingerprint density at radius 2 is 1.88 bits per heavy atom. The molecular weight excluding hydrogens is 349 g/mol. The number of rotatable bonds is 3. The molecule has 3 rings (SSSR count). The van der Waals surface area contributed by atoms with Gasteiger partial charge in [0.1, 0.15) is 0 Å². The first kappa shape index (κ1) is 17.4. The Labute approximate surface area is 146 Å². The molecule has 0 aliphatic heterocycles. The van der Waals surface area contributed by atoms with E-state index in [9.17, 15) is 18.0 Å². The minimum Gasteiger partial charge on any atom is -0.298 e. The van der Waals surface area contributed by atoms with E-state index >= 15 is 0 Å². The van der Waals surface area contributed by atoms with Crippen LogP contribution >= 0.6 is 11.3 Å². The summed E-state index contributed by atoms with van der Waals surface area (Å²) in [6.07, 6.45) is -4.49. The summed E-state index contributed by atoms with van der Waals surface area (Å²) in [5.74, 6) is -0.339. The Morgan fingerprint density at radius 3 is 2.56 bits per heavy atom. The second-order valence-electron chi connectivity index (χ2n) is 5.90. The molecule has 3 nitrogen and oxygen atoms in total. The van der Waals surface area contributed by atoms with E-state index in [1.807, 2.05) is 18.2 Å². The molecule has 3 aromatic rings. The van der Waals surface area contributed by atoms with Crippen LogP contribution in [-0.2, 0) is 6.18 Å². The van der Waals surface area contributed by atoms with Crippen LogP contribution in [0.5, 0.6) is 0 Å². The molecule has 0 unspecified atom stereocenters. The normalized spacial score (nSPS) is 11.9. The minimum atomic E-state index is -4.49. The van der Waals surface area contributed by atoms with Gasteiger partial charge in [-0.25, -0.2) is 4.98 Å². The van der Waals surface area contributed by atoms with Crippen LogP contribution in [0.2, 0.25) is 0 Å². The fraction of sp³-hybridized carbons (Fsp3) is 0.222. The molecule has 0 radical (unpaired) electrons. The standard InChI is InChI=1S/C18H15F3N2OS/c1-10(2)13-7-4-8-14-15(13)22-17(25-14)23-16(24)11-5-3-6-12(9-11)18(19,20)21/h3-10H,1-2H3,(H,22,23,24). The third-order valence-corrected chi connectivity index (χ3v) is 4.68. The molecule has 0 bridgehead atoms. The number of halogens is 3. The maximum Gasteiger partial charge on any atom is 0.416 e. The maximum absolute atomic E-state index is 12.8. The van der Waals surface area contributed by atoms with Gasteiger partial charge in [0.15, 0.2) is 5.13 Å². The van der Waals surface area contributed by atoms with Gasteiger partial charge in [0, 0.05) is 5.56 Å². The van der Waals surface area contributed by atoms with Crippen LogP contribution < -0.4 is 5.32 Å². The molecule has 1 aromatic heterocycles. The molecule has 130 valence electrons. The summed E-state index contributed by atoms with van der Waals surface area (Å²) in [7, 11) is 0. The summed E-state index contributed by atoms with van der Waals surface area (Å²) >= 11 is 1.30. The van der Waals surface area contributed by atoms with E-state index in [0.29, 0.717) is 5.13 Å². The number of nitrogens with one attached hydrogen (secondary N) is 1. The van der Waals surface area contributed by atoms with Gasteiger partial charge in [0.05, 0.1) is 15.8 Å². The lowest BCUT2D eigenvalue weighted by Crippen LogP contribution is -2.13. The van der Waals surface area contributed by atoms with E-state index in [1.54, 1.807) is 0 Å². The predicted molar refractivity (Wildman–Crippen MR) is 93.1 cm³/mol. The van der Waals surface area contributed by atoms with Crippen molar-refractivity contribution in [3.8, 4) is 0 Å². The Hall–Kier alpha value is -2.41. The van der Waals surface area contributed by atoms with E-state index in [2.05, 4.69) is 24.1 Å². The molecular formula is C18H15F3N2OS. The van der Waals surface area contributed by atoms with Crippen LogP contribution in [0.25, 0.3) is 10.2 Å². The zero-order valence-electron chi connectivity index (χ0n) is 13.5. The third kappa shape index (κ3) is 3.66. The summed E-state index contributed by atoms with van der Waals surface area (Å²) in [6, 6.07) is 10.1. The Bertz CT molecular complexity index is 931. The molecule has 25 heavy (non-hydrogen) atoms. The van der Waals surface area contributed by atoms with Gasteiger partial charge in [-0.1, -0.05) is 43.4 Å². The van der Waals surface area contributed by atoms with Gasteiger partial charge in [0.25, 0.3) is 5.91 Å². The fourth-order valence-electron chi connectivity index (χ4n) is 2.50. The number of alkyl halides is 3. The SMILES string of the molecule is CC(C)c1cccc2sc(NC(=O)c3cccc(C(F)(F)F)c3)nc12. The highest BCUT2D eigenvalue weighted by atomic mass is 32.1. The smallest absolute Gasteiger partial charge is 0.298 e. The predicted octanol–water partition coefficient (Wildman–Crippen LogP) is 5.69. The Balaban J connectivity index is 1.89. The number of anilines is 1. The van der Waals surface area contributed by atoms with Gasteiger partial charge in [-0.15, -0.1) is 0 Å². The average Bonchev–Trinajstić information content (AvgIpc) is 2.96. The average molecular weight is 364 g/mol. The largest absolute Gasteiger partial charge is 0.416 e. The van der Waals surface area contributed by atoms with E-state index in [0.717, 1.165) is 27.9 Å². The van der Waals surface area contributed by atoms with Crippen molar-refractivity contribution in [3.63, 3.8) is 0 Å². The highest BCUT2D eigenvalue weighted by Gasteiger charge is 2.31. The lowest BCUT2D eigenvalue weighted by molar-refractivity contribution is -0.137. The zero-order valence-corrected chi connectivity index (χ0v) is 14.3. The topological polar surface area (TPSA) is 42.0 Å². The highest BCUT2D eigenvalue weighted by Crippen LogP contribution is 2.32. The Kier molecular flexibility index (Phi) is 4.51. The van der Waals surface area contributed by atoms with Crippen molar-refractivity contribution in [3.05, 3.63) is 59.2 Å². The lowest BCUT2D eigenvalue weighted by Gasteiger charge is -2.08. The number of carbonyl (C=O) groups is 1. The summed E-state index contributed by atoms with van der Waals surface area (Å²) < 4.78 is 39.2. The number of fused-ring (bicyclic) bond motifs is 1. The monoisotopic (exact) mass is 364 g/mol. The second-order valence-corrected chi connectivity index (χ2v) is 6.93. The minimum absolute atomic E-state index is 0.0573. The Morgan fingerprint density at radius 1 is 1.16 bits per heavy atom. The first-order valence-corrected chi connectivity index (χ1v) is 8.45. The van der Waals surface area contributed by atoms with E-state index < -0.39 is 17.6 Å². The van der Waals surface area contributed by atoms with Crippen molar-refractivity contribution in [2.45, 2.75) is 25.9 Å². The molecule has 2 aromatic carbocycles. The second kappa shape index (κ2) is 6.48. The molecule has 0 saturated carbocycles. The van der Waals surface area contributed by atoms with Crippen LogP contribution in [0.4, 0.5) is 18.3 Å². The third-order valence-electron chi connectivity index (χ3n) is 3.74. The van der Waals surface area contributed by atoms with Crippen LogP contribution in [0.15, 0.2) is 42.5 Å². The number of aromatic nitrogens is 1. The molecule has 0 atom stereocenters. The molecule has 0 aliphatic carbocycles. The van der Waals surface area contributed by atoms with Crippen molar-refractivity contribution in [2.24, 2.45) is 0 Å². The first-order chi connectivity index (χ1) is 11.8. The number of para-hydroxylation sites is 1. The zero-order chi connectivity index (χ0) is 18.2. The maximum atomic E-state index is 12.8. The van der Waals surface area contributed by atoms with Crippen LogP contribution in [0.3, 0.4) is 0 Å². The van der Waals surface area contributed by atoms with Gasteiger partial charge in [-0.05, 0) is 35.7 Å². The van der Waals surface area contributed by atoms with E-state index in [-0.39, 0.29) is 11.5 Å². The van der Waals surface area contributed by atoms with Crippen molar-refractivity contribution in [1.29, 1.82) is 0 Å². The quantitative estimate of drug-likeness (QED) is 0.649. The molecule has 0 aliphatic rings. The van der Waals surface area contributed by atoms with E-state index in [1.165, 1.54) is 23.5 Å². The number of benzene rings is 2. The molecule has 1 amide bonds. The number of hydrogen-bond donors (Lipinski definition) is 1. The first-order valence-electron chi connectivity index (χ1n) is 7.64. The summed E-state index contributed by atoms with van der Waals surface area (Å²) in [4.78, 5) is 16.7. The molecule has 0 fully saturated rings. The van der Waals surface area contributed by atoms with Crippen molar-refractivity contribution < 1.29 is 18.0 Å². The van der Waals surface area contributed by atoms with Crippen LogP contribution in [-0.4, -0.2) is 10.9 Å². The molecule has 1 N–H and O–H groups in total. The van der Waals surface area contributed by atoms with E-state index in [4.69, 9.17) is 0 Å². The fourth-order valence-corrected chi connectivity index (χ4v) is 3.39. The number of hydrogen-bond acceptors (Lipinski definition) is 3. The van der Waals surface area contributed by atoms with Gasteiger partial charge < -0.3 is 0 Å².